The Balaban J connectivity index is 1.79. The first-order valence-corrected chi connectivity index (χ1v) is 9.78. The molecule has 1 amide bonds. The fourth-order valence-corrected chi connectivity index (χ4v) is 4.16. The highest BCUT2D eigenvalue weighted by Crippen LogP contribution is 2.53. The molecule has 0 atom stereocenters. The summed E-state index contributed by atoms with van der Waals surface area (Å²) in [6.45, 7) is 0. The minimum absolute atomic E-state index is 0.113. The number of anilines is 1. The molecule has 6 heteroatoms. The number of rotatable bonds is 4. The molecule has 0 radical (unpaired) electrons. The van der Waals surface area contributed by atoms with E-state index in [0.29, 0.717) is 27.6 Å². The largest absolute Gasteiger partial charge is 0.508 e. The molecule has 0 bridgehead atoms. The molecule has 3 aromatic carbocycles. The molecule has 0 saturated heterocycles. The Morgan fingerprint density at radius 1 is 0.897 bits per heavy atom. The van der Waals surface area contributed by atoms with Crippen LogP contribution in [0.1, 0.15) is 29.5 Å². The maximum Gasteiger partial charge on any atom is 0.244 e. The zero-order chi connectivity index (χ0) is 20.2. The molecule has 1 aliphatic carbocycles. The van der Waals surface area contributed by atoms with Crippen molar-refractivity contribution in [3.8, 4) is 17.2 Å². The first kappa shape index (κ1) is 17.9. The highest BCUT2D eigenvalue weighted by molar-refractivity contribution is 6.33. The van der Waals surface area contributed by atoms with Gasteiger partial charge in [0, 0.05) is 5.56 Å². The van der Waals surface area contributed by atoms with Crippen LogP contribution in [0.15, 0.2) is 60.7 Å². The van der Waals surface area contributed by atoms with Crippen molar-refractivity contribution in [2.75, 3.05) is 5.32 Å². The van der Waals surface area contributed by atoms with Crippen molar-refractivity contribution in [3.05, 3.63) is 82.4 Å². The number of amides is 1. The lowest BCUT2D eigenvalue weighted by molar-refractivity contribution is -0.118. The number of carbonyl (C=O) groups excluding carboxylic acids is 1. The van der Waals surface area contributed by atoms with Gasteiger partial charge in [-0.2, -0.15) is 0 Å². The van der Waals surface area contributed by atoms with Crippen molar-refractivity contribution in [3.63, 3.8) is 0 Å². The number of fused-ring (bicyclic) bond motifs is 1. The zero-order valence-electron chi connectivity index (χ0n) is 15.4. The van der Waals surface area contributed by atoms with Crippen LogP contribution in [0.25, 0.3) is 0 Å². The molecule has 5 rings (SSSR count). The van der Waals surface area contributed by atoms with Crippen molar-refractivity contribution < 1.29 is 19.7 Å². The third kappa shape index (κ3) is 2.73. The van der Waals surface area contributed by atoms with E-state index in [0.717, 1.165) is 18.4 Å². The van der Waals surface area contributed by atoms with Gasteiger partial charge < -0.3 is 20.3 Å². The second kappa shape index (κ2) is 6.42. The van der Waals surface area contributed by atoms with E-state index >= 15 is 0 Å². The summed E-state index contributed by atoms with van der Waals surface area (Å²) in [7, 11) is 0. The first-order valence-electron chi connectivity index (χ1n) is 9.40. The van der Waals surface area contributed by atoms with E-state index in [1.807, 2.05) is 6.07 Å². The predicted octanol–water partition coefficient (Wildman–Crippen LogP) is 4.58. The van der Waals surface area contributed by atoms with Gasteiger partial charge in [0.25, 0.3) is 0 Å². The summed E-state index contributed by atoms with van der Waals surface area (Å²) in [6, 6.07) is 16.7. The second-order valence-corrected chi connectivity index (χ2v) is 7.82. The van der Waals surface area contributed by atoms with E-state index in [4.69, 9.17) is 16.3 Å². The minimum atomic E-state index is -1.16. The number of nitrogens with one attached hydrogen (secondary N) is 1. The highest BCUT2D eigenvalue weighted by Gasteiger charge is 2.51. The quantitative estimate of drug-likeness (QED) is 0.591. The van der Waals surface area contributed by atoms with Gasteiger partial charge in [-0.25, -0.2) is 0 Å². The fraction of sp³-hybridized carbons (Fsp3) is 0.174. The van der Waals surface area contributed by atoms with Crippen molar-refractivity contribution in [2.24, 2.45) is 0 Å². The summed E-state index contributed by atoms with van der Waals surface area (Å²) in [5, 5.41) is 23.0. The van der Waals surface area contributed by atoms with Crippen molar-refractivity contribution >= 4 is 23.2 Å². The van der Waals surface area contributed by atoms with Crippen LogP contribution in [0.3, 0.4) is 0 Å². The van der Waals surface area contributed by atoms with Crippen molar-refractivity contribution in [2.45, 2.75) is 24.4 Å². The lowest BCUT2D eigenvalue weighted by Crippen LogP contribution is -2.36. The summed E-state index contributed by atoms with van der Waals surface area (Å²) in [5.74, 6) is 0.468. The van der Waals surface area contributed by atoms with E-state index < -0.39 is 5.41 Å². The van der Waals surface area contributed by atoms with Crippen LogP contribution < -0.4 is 10.1 Å². The van der Waals surface area contributed by atoms with Crippen LogP contribution in [-0.2, 0) is 10.2 Å². The molecule has 3 aromatic rings. The number of carbonyl (C=O) groups is 1. The van der Waals surface area contributed by atoms with Crippen LogP contribution in [0.4, 0.5) is 5.69 Å². The van der Waals surface area contributed by atoms with Gasteiger partial charge in [0.15, 0.2) is 5.75 Å². The minimum Gasteiger partial charge on any atom is -0.508 e. The van der Waals surface area contributed by atoms with Crippen molar-refractivity contribution in [1.29, 1.82) is 0 Å². The fourth-order valence-electron chi connectivity index (χ4n) is 3.95. The molecule has 0 unspecified atom stereocenters. The number of benzene rings is 3. The monoisotopic (exact) mass is 407 g/mol. The molecular weight excluding hydrogens is 390 g/mol. The van der Waals surface area contributed by atoms with Crippen LogP contribution in [0.2, 0.25) is 5.02 Å². The number of hydrogen-bond acceptors (Lipinski definition) is 4. The van der Waals surface area contributed by atoms with E-state index in [1.54, 1.807) is 54.6 Å². The molecule has 1 saturated carbocycles. The number of phenols is 2. The normalized spacial score (nSPS) is 16.9. The Hall–Kier alpha value is -3.18. The van der Waals surface area contributed by atoms with E-state index in [9.17, 15) is 15.0 Å². The predicted molar refractivity (Wildman–Crippen MR) is 110 cm³/mol. The third-order valence-electron chi connectivity index (χ3n) is 5.50. The van der Waals surface area contributed by atoms with Gasteiger partial charge in [0.1, 0.15) is 16.9 Å². The number of halogens is 1. The van der Waals surface area contributed by atoms with E-state index in [1.165, 1.54) is 0 Å². The van der Waals surface area contributed by atoms with Crippen molar-refractivity contribution in [1.82, 2.24) is 0 Å². The topological polar surface area (TPSA) is 78.8 Å². The van der Waals surface area contributed by atoms with Crippen LogP contribution >= 0.6 is 11.6 Å². The molecule has 29 heavy (non-hydrogen) atoms. The second-order valence-electron chi connectivity index (χ2n) is 7.41. The molecule has 2 aliphatic rings. The van der Waals surface area contributed by atoms with Gasteiger partial charge in [-0.3, -0.25) is 4.79 Å². The van der Waals surface area contributed by atoms with Gasteiger partial charge in [0.05, 0.1) is 16.8 Å². The number of phenolic OH excluding ortho intramolecular Hbond substituents is 2. The van der Waals surface area contributed by atoms with E-state index in [2.05, 4.69) is 5.32 Å². The Kier molecular flexibility index (Phi) is 3.96. The van der Waals surface area contributed by atoms with Gasteiger partial charge in [0.2, 0.25) is 5.91 Å². The van der Waals surface area contributed by atoms with Crippen LogP contribution in [-0.4, -0.2) is 22.2 Å². The lowest BCUT2D eigenvalue weighted by atomic mass is 9.70. The first-order chi connectivity index (χ1) is 14.0. The number of hydrogen-bond donors (Lipinski definition) is 3. The molecule has 3 N–H and O–H groups in total. The van der Waals surface area contributed by atoms with E-state index in [-0.39, 0.29) is 23.5 Å². The molecule has 1 fully saturated rings. The Morgan fingerprint density at radius 3 is 1.97 bits per heavy atom. The third-order valence-corrected chi connectivity index (χ3v) is 5.80. The Labute approximate surface area is 172 Å². The number of ether oxygens (including phenoxy) is 1. The van der Waals surface area contributed by atoms with Gasteiger partial charge in [-0.05, 0) is 54.3 Å². The Bertz CT molecular complexity index is 1060. The van der Waals surface area contributed by atoms with Gasteiger partial charge in [-0.15, -0.1) is 0 Å². The SMILES string of the molecule is O=C1Nc2c(ccc(Cl)c2OC2CC2)C1(c1ccc(O)cc1)c1ccc(O)cc1. The summed E-state index contributed by atoms with van der Waals surface area (Å²) in [6.07, 6.45) is 2.05. The molecule has 1 heterocycles. The summed E-state index contributed by atoms with van der Waals surface area (Å²) < 4.78 is 6.02. The Morgan fingerprint density at radius 2 is 1.45 bits per heavy atom. The maximum absolute atomic E-state index is 13.6. The van der Waals surface area contributed by atoms with Gasteiger partial charge >= 0.3 is 0 Å². The smallest absolute Gasteiger partial charge is 0.244 e. The molecule has 0 spiro atoms. The average Bonchev–Trinajstić information content (AvgIpc) is 3.48. The summed E-state index contributed by atoms with van der Waals surface area (Å²) in [4.78, 5) is 13.6. The maximum atomic E-state index is 13.6. The highest BCUT2D eigenvalue weighted by atomic mass is 35.5. The molecule has 1 aliphatic heterocycles. The lowest BCUT2D eigenvalue weighted by Gasteiger charge is -2.29. The van der Waals surface area contributed by atoms with Crippen LogP contribution in [0, 0.1) is 0 Å². The standard InChI is InChI=1S/C23H18ClNO4/c24-19-12-11-18-20(21(19)29-17-9-10-17)25-22(28)23(18,13-1-5-15(26)6-2-13)14-3-7-16(27)8-4-14/h1-8,11-12,17,26-27H,9-10H2,(H,25,28). The molecule has 5 nitrogen and oxygen atoms in total. The zero-order valence-corrected chi connectivity index (χ0v) is 16.1. The molecular formula is C23H18ClNO4. The average molecular weight is 408 g/mol. The molecule has 0 aromatic heterocycles. The summed E-state index contributed by atoms with van der Waals surface area (Å²) >= 11 is 6.41. The van der Waals surface area contributed by atoms with Crippen LogP contribution in [0.5, 0.6) is 17.2 Å². The van der Waals surface area contributed by atoms with Gasteiger partial charge in [-0.1, -0.05) is 41.9 Å². The molecule has 146 valence electrons. The summed E-state index contributed by atoms with van der Waals surface area (Å²) in [5.41, 5.74) is 1.51. The number of aromatic hydroxyl groups is 2.